The molecule has 15 heteroatoms. The number of nitrogens with two attached hydrogens (primary N) is 1. The molecule has 0 bridgehead atoms. The van der Waals surface area contributed by atoms with Crippen molar-refractivity contribution in [2.45, 2.75) is 72.2 Å². The molecule has 0 radical (unpaired) electrons. The van der Waals surface area contributed by atoms with Crippen molar-refractivity contribution < 1.29 is 42.9 Å². The number of imidazole rings is 1. The van der Waals surface area contributed by atoms with Gasteiger partial charge in [0.2, 0.25) is 5.91 Å². The predicted molar refractivity (Wildman–Crippen MR) is 175 cm³/mol. The summed E-state index contributed by atoms with van der Waals surface area (Å²) in [6.45, 7) is 8.44. The molecule has 0 aliphatic rings. The summed E-state index contributed by atoms with van der Waals surface area (Å²) < 4.78 is 36.3. The molecule has 0 unspecified atom stereocenters. The highest BCUT2D eigenvalue weighted by atomic mass is 19.1. The van der Waals surface area contributed by atoms with Crippen molar-refractivity contribution in [3.05, 3.63) is 77.8 Å². The number of nitrogens with one attached hydrogen (secondary N) is 1. The molecule has 2 atom stereocenters. The molecular formula is C34H44F2N6O7. The molecule has 0 aliphatic carbocycles. The van der Waals surface area contributed by atoms with E-state index in [0.717, 1.165) is 23.8 Å². The highest BCUT2D eigenvalue weighted by molar-refractivity contribution is 5.87. The average molecular weight is 687 g/mol. The minimum atomic E-state index is -1.45. The number of hydrogen-bond acceptors (Lipinski definition) is 8. The Balaban J connectivity index is 2.13. The van der Waals surface area contributed by atoms with E-state index in [0.29, 0.717) is 5.01 Å². The smallest absolute Gasteiger partial charge is 0.408 e. The Morgan fingerprint density at radius 3 is 2.27 bits per heavy atom. The highest BCUT2D eigenvalue weighted by Gasteiger charge is 2.39. The molecule has 5 N–H and O–H groups in total. The molecule has 0 saturated carbocycles. The number of aliphatic hydroxyl groups excluding tert-OH is 1. The molecule has 0 saturated heterocycles. The van der Waals surface area contributed by atoms with Crippen molar-refractivity contribution in [1.82, 2.24) is 24.8 Å². The van der Waals surface area contributed by atoms with Crippen molar-refractivity contribution in [1.29, 1.82) is 0 Å². The van der Waals surface area contributed by atoms with E-state index in [2.05, 4.69) is 5.32 Å². The number of hydrazine groups is 1. The minimum absolute atomic E-state index is 0.0978. The second-order valence-electron chi connectivity index (χ2n) is 13.6. The van der Waals surface area contributed by atoms with E-state index in [-0.39, 0.29) is 36.6 Å². The third kappa shape index (κ3) is 10.8. The van der Waals surface area contributed by atoms with Gasteiger partial charge in [-0.15, -0.1) is 0 Å². The third-order valence-electron chi connectivity index (χ3n) is 7.28. The lowest BCUT2D eigenvalue weighted by Crippen LogP contribution is -2.54. The normalized spacial score (nSPS) is 12.9. The molecule has 49 heavy (non-hydrogen) atoms. The summed E-state index contributed by atoms with van der Waals surface area (Å²) in [6, 6.07) is 9.85. The number of carbonyl (C=O) groups excluding carboxylic acids is 3. The number of nitrogens with zero attached hydrogens (tertiary/aromatic N) is 4. The Morgan fingerprint density at radius 2 is 1.69 bits per heavy atom. The molecule has 0 spiro atoms. The summed E-state index contributed by atoms with van der Waals surface area (Å²) in [5.41, 5.74) is -0.917. The predicted octanol–water partition coefficient (Wildman–Crippen LogP) is 3.86. The molecule has 1 aromatic heterocycles. The first-order chi connectivity index (χ1) is 22.8. The fourth-order valence-corrected chi connectivity index (χ4v) is 5.26. The van der Waals surface area contributed by atoms with Crippen LogP contribution < -0.4 is 11.2 Å². The van der Waals surface area contributed by atoms with Gasteiger partial charge in [-0.05, 0) is 56.4 Å². The first-order valence-electron chi connectivity index (χ1n) is 15.5. The van der Waals surface area contributed by atoms with Crippen LogP contribution in [0.5, 0.6) is 0 Å². The van der Waals surface area contributed by atoms with E-state index in [1.54, 1.807) is 31.5 Å². The number of carbonyl (C=O) groups is 4. The van der Waals surface area contributed by atoms with E-state index in [9.17, 15) is 38.2 Å². The van der Waals surface area contributed by atoms with Gasteiger partial charge in [-0.3, -0.25) is 19.4 Å². The van der Waals surface area contributed by atoms with Crippen molar-refractivity contribution in [3.63, 3.8) is 0 Å². The van der Waals surface area contributed by atoms with Gasteiger partial charge in [0.05, 0.1) is 11.7 Å². The number of ether oxygens (including phenoxy) is 1. The average Bonchev–Trinajstić information content (AvgIpc) is 3.39. The van der Waals surface area contributed by atoms with Crippen LogP contribution in [0.15, 0.2) is 54.7 Å². The quantitative estimate of drug-likeness (QED) is 0.118. The summed E-state index contributed by atoms with van der Waals surface area (Å²) >= 11 is 0. The monoisotopic (exact) mass is 686 g/mol. The number of aliphatic carboxylic acids is 1. The lowest BCUT2D eigenvalue weighted by molar-refractivity contribution is -0.146. The van der Waals surface area contributed by atoms with Gasteiger partial charge in [0.15, 0.2) is 0 Å². The zero-order valence-corrected chi connectivity index (χ0v) is 28.4. The van der Waals surface area contributed by atoms with Gasteiger partial charge < -0.3 is 29.7 Å². The highest BCUT2D eigenvalue weighted by Crippen LogP contribution is 2.39. The Kier molecular flexibility index (Phi) is 12.6. The number of carboxylic acids is 1. The Bertz CT molecular complexity index is 1640. The van der Waals surface area contributed by atoms with Crippen LogP contribution >= 0.6 is 0 Å². The maximum absolute atomic E-state index is 15.0. The standard InChI is InChI=1S/C34H44F2N6O7/c1-33(2,3)29(30-38-26(23-16-22(35)12-13-24(23)36)18-40(30)17-21-10-8-7-9-11-21)41(27(44)20-43)15-14-25(31(47)42(37)19-28(45)46)39-32(48)49-34(4,5)6/h7-13,16,18,25,29,43H,14-15,17,19-20,37H2,1-6H3,(H,39,48)(H,45,46)/t25-,29-/m0/s1. The van der Waals surface area contributed by atoms with E-state index in [1.807, 2.05) is 51.1 Å². The summed E-state index contributed by atoms with van der Waals surface area (Å²) in [7, 11) is 0. The zero-order valence-electron chi connectivity index (χ0n) is 28.4. The van der Waals surface area contributed by atoms with E-state index >= 15 is 0 Å². The third-order valence-corrected chi connectivity index (χ3v) is 7.28. The van der Waals surface area contributed by atoms with Crippen molar-refractivity contribution >= 4 is 23.9 Å². The Labute approximate surface area is 283 Å². The molecule has 266 valence electrons. The first-order valence-corrected chi connectivity index (χ1v) is 15.5. The van der Waals surface area contributed by atoms with Gasteiger partial charge in [-0.25, -0.2) is 24.4 Å². The van der Waals surface area contributed by atoms with Crippen LogP contribution in [-0.4, -0.2) is 84.9 Å². The number of aromatic nitrogens is 2. The maximum atomic E-state index is 15.0. The SMILES string of the molecule is CC(C)(C)OC(=O)N[C@@H](CCN(C(=O)CO)[C@@H](c1nc(-c2cc(F)ccc2F)cn1Cc1ccccc1)C(C)(C)C)C(=O)N(N)CC(=O)O. The molecule has 0 aliphatic heterocycles. The number of carboxylic acid groups (broad SMARTS) is 1. The van der Waals surface area contributed by atoms with Gasteiger partial charge in [0.1, 0.15) is 42.3 Å². The molecule has 3 aromatic rings. The second-order valence-corrected chi connectivity index (χ2v) is 13.6. The van der Waals surface area contributed by atoms with Crippen LogP contribution in [-0.2, 0) is 25.7 Å². The number of rotatable bonds is 13. The van der Waals surface area contributed by atoms with E-state index < -0.39 is 71.8 Å². The van der Waals surface area contributed by atoms with Crippen molar-refractivity contribution in [2.24, 2.45) is 11.3 Å². The molecule has 2 aromatic carbocycles. The van der Waals surface area contributed by atoms with Crippen LogP contribution in [0.2, 0.25) is 0 Å². The Hall–Kier alpha value is -4.89. The number of hydrogen-bond donors (Lipinski definition) is 4. The molecule has 13 nitrogen and oxygen atoms in total. The van der Waals surface area contributed by atoms with Crippen LogP contribution in [0.3, 0.4) is 0 Å². The fraction of sp³-hybridized carbons (Fsp3) is 0.441. The summed E-state index contributed by atoms with van der Waals surface area (Å²) in [5.74, 6) is 1.49. The van der Waals surface area contributed by atoms with Crippen LogP contribution in [0.4, 0.5) is 13.6 Å². The van der Waals surface area contributed by atoms with Gasteiger partial charge in [-0.1, -0.05) is 51.1 Å². The fourth-order valence-electron chi connectivity index (χ4n) is 5.26. The topological polar surface area (TPSA) is 180 Å². The van der Waals surface area contributed by atoms with E-state index in [4.69, 9.17) is 15.6 Å². The summed E-state index contributed by atoms with van der Waals surface area (Å²) in [6.07, 6.45) is 0.283. The maximum Gasteiger partial charge on any atom is 0.408 e. The van der Waals surface area contributed by atoms with Crippen molar-refractivity contribution in [3.8, 4) is 11.3 Å². The number of halogens is 2. The van der Waals surface area contributed by atoms with Crippen LogP contribution in [0.1, 0.15) is 65.4 Å². The lowest BCUT2D eigenvalue weighted by atomic mass is 9.84. The number of alkyl carbamates (subject to hydrolysis) is 1. The largest absolute Gasteiger partial charge is 0.480 e. The van der Waals surface area contributed by atoms with Gasteiger partial charge in [0.25, 0.3) is 5.91 Å². The van der Waals surface area contributed by atoms with Crippen LogP contribution in [0, 0.1) is 17.0 Å². The molecule has 1 heterocycles. The van der Waals surface area contributed by atoms with Gasteiger partial charge in [0, 0.05) is 24.8 Å². The van der Waals surface area contributed by atoms with Crippen molar-refractivity contribution in [2.75, 3.05) is 19.7 Å². The molecular weight excluding hydrogens is 642 g/mol. The molecule has 0 fully saturated rings. The number of amides is 3. The molecule has 3 amide bonds. The number of aliphatic hydroxyl groups is 1. The van der Waals surface area contributed by atoms with Crippen LogP contribution in [0.25, 0.3) is 11.3 Å². The minimum Gasteiger partial charge on any atom is -0.480 e. The van der Waals surface area contributed by atoms with Gasteiger partial charge in [-0.2, -0.15) is 0 Å². The second kappa shape index (κ2) is 16.0. The molecule has 3 rings (SSSR count). The summed E-state index contributed by atoms with van der Waals surface area (Å²) in [5, 5.41) is 22.1. The first kappa shape index (κ1) is 38.6. The van der Waals surface area contributed by atoms with Gasteiger partial charge >= 0.3 is 12.1 Å². The van der Waals surface area contributed by atoms with E-state index in [1.165, 1.54) is 4.90 Å². The zero-order chi connectivity index (χ0) is 36.7. The Morgan fingerprint density at radius 1 is 1.04 bits per heavy atom. The summed E-state index contributed by atoms with van der Waals surface area (Å²) in [4.78, 5) is 56.8. The lowest BCUT2D eigenvalue weighted by Gasteiger charge is -2.40. The number of benzene rings is 2.